The van der Waals surface area contributed by atoms with Gasteiger partial charge in [-0.2, -0.15) is 0 Å². The Hall–Kier alpha value is -5.10. The minimum atomic E-state index is -1.53. The number of methoxy groups -OCH3 is 1. The average molecular weight is 562 g/mol. The van der Waals surface area contributed by atoms with Gasteiger partial charge in [0.15, 0.2) is 17.6 Å². The molecule has 1 aliphatic heterocycles. The number of nitrogens with one attached hydrogen (secondary N) is 2. The van der Waals surface area contributed by atoms with E-state index in [-0.39, 0.29) is 17.1 Å². The van der Waals surface area contributed by atoms with Crippen LogP contribution in [-0.4, -0.2) is 47.0 Å². The second kappa shape index (κ2) is 11.2. The summed E-state index contributed by atoms with van der Waals surface area (Å²) in [5.41, 5.74) is 3.39. The number of hydrogen-bond donors (Lipinski definition) is 2. The van der Waals surface area contributed by atoms with Gasteiger partial charge in [-0.3, -0.25) is 19.6 Å². The number of amides is 4. The zero-order valence-corrected chi connectivity index (χ0v) is 22.2. The number of carbonyl (C=O) groups is 3. The van der Waals surface area contributed by atoms with Gasteiger partial charge in [-0.15, -0.1) is 0 Å². The van der Waals surface area contributed by atoms with Gasteiger partial charge < -0.3 is 14.8 Å². The maximum atomic E-state index is 15.1. The smallest absolute Gasteiger partial charge is 0.346 e. The summed E-state index contributed by atoms with van der Waals surface area (Å²) >= 11 is 0. The Balaban J connectivity index is 1.35. The molecule has 1 atom stereocenters. The lowest BCUT2D eigenvalue weighted by Gasteiger charge is -2.40. The van der Waals surface area contributed by atoms with Gasteiger partial charge in [0.05, 0.1) is 18.3 Å². The summed E-state index contributed by atoms with van der Waals surface area (Å²) in [6.45, 7) is 3.38. The first-order valence-corrected chi connectivity index (χ1v) is 12.6. The van der Waals surface area contributed by atoms with Crippen LogP contribution in [0.2, 0.25) is 0 Å². The van der Waals surface area contributed by atoms with E-state index in [4.69, 9.17) is 9.47 Å². The number of anilines is 2. The predicted octanol–water partition coefficient (Wildman–Crippen LogP) is 5.00. The maximum absolute atomic E-state index is 15.1. The van der Waals surface area contributed by atoms with E-state index >= 15 is 4.39 Å². The van der Waals surface area contributed by atoms with Gasteiger partial charge in [0.2, 0.25) is 0 Å². The van der Waals surface area contributed by atoms with Crippen molar-refractivity contribution in [3.05, 3.63) is 84.6 Å². The van der Waals surface area contributed by atoms with Crippen molar-refractivity contribution in [2.75, 3.05) is 17.3 Å². The van der Waals surface area contributed by atoms with Gasteiger partial charge >= 0.3 is 6.03 Å². The lowest BCUT2D eigenvalue weighted by Crippen LogP contribution is -2.70. The van der Waals surface area contributed by atoms with E-state index in [2.05, 4.69) is 15.7 Å². The van der Waals surface area contributed by atoms with E-state index in [9.17, 15) is 18.8 Å². The standard InChI is InChI=1S/C29H25F2N5O5/c1-16(2)36-29(39)35(19-7-4-17(30)5-8-19)28(38)26(34-36)27(37)33-18-6-11-25(22(31)14-18)41-24-12-13-32-23-15-20(40-3)9-10-21(23)24/h4-16,26,34H,1-3H3,(H,33,37). The molecule has 10 nitrogen and oxygen atoms in total. The monoisotopic (exact) mass is 561 g/mol. The number of aromatic nitrogens is 1. The minimum Gasteiger partial charge on any atom is -0.497 e. The van der Waals surface area contributed by atoms with E-state index < -0.39 is 41.6 Å². The molecule has 0 spiro atoms. The zero-order chi connectivity index (χ0) is 29.3. The number of fused-ring (bicyclic) bond motifs is 1. The number of ether oxygens (including phenoxy) is 2. The molecule has 1 saturated heterocycles. The molecule has 0 bridgehead atoms. The minimum absolute atomic E-state index is 0.0556. The van der Waals surface area contributed by atoms with Crippen LogP contribution >= 0.6 is 0 Å². The number of urea groups is 1. The average Bonchev–Trinajstić information content (AvgIpc) is 2.95. The highest BCUT2D eigenvalue weighted by Crippen LogP contribution is 2.33. The number of imide groups is 1. The van der Waals surface area contributed by atoms with E-state index in [1.807, 2.05) is 0 Å². The van der Waals surface area contributed by atoms with Crippen LogP contribution < -0.4 is 25.1 Å². The molecule has 2 N–H and O–H groups in total. The molecule has 210 valence electrons. The fourth-order valence-electron chi connectivity index (χ4n) is 4.26. The van der Waals surface area contributed by atoms with Crippen LogP contribution in [-0.2, 0) is 9.59 Å². The second-order valence-electron chi connectivity index (χ2n) is 9.39. The molecule has 1 fully saturated rings. The Labute approximate surface area is 233 Å². The van der Waals surface area contributed by atoms with Crippen molar-refractivity contribution in [3.8, 4) is 17.2 Å². The SMILES string of the molecule is COc1ccc2c(Oc3ccc(NC(=O)C4NN(C(C)C)C(=O)N(c5ccc(F)cc5)C4=O)cc3F)ccnc2c1. The van der Waals surface area contributed by atoms with E-state index in [1.54, 1.807) is 45.2 Å². The maximum Gasteiger partial charge on any atom is 0.346 e. The molecular weight excluding hydrogens is 536 g/mol. The van der Waals surface area contributed by atoms with Gasteiger partial charge in [0, 0.05) is 35.4 Å². The molecule has 0 radical (unpaired) electrons. The summed E-state index contributed by atoms with van der Waals surface area (Å²) < 4.78 is 39.5. The van der Waals surface area contributed by atoms with Gasteiger partial charge in [-0.05, 0) is 68.4 Å². The van der Waals surface area contributed by atoms with Crippen LogP contribution in [0.1, 0.15) is 13.8 Å². The molecule has 3 aromatic carbocycles. The first kappa shape index (κ1) is 27.5. The molecule has 0 saturated carbocycles. The Kier molecular flexibility index (Phi) is 7.49. The molecule has 12 heteroatoms. The quantitative estimate of drug-likeness (QED) is 0.305. The van der Waals surface area contributed by atoms with Crippen LogP contribution in [0.15, 0.2) is 72.9 Å². The van der Waals surface area contributed by atoms with Crippen LogP contribution in [0.25, 0.3) is 10.9 Å². The Morgan fingerprint density at radius 3 is 2.44 bits per heavy atom. The van der Waals surface area contributed by atoms with Gasteiger partial charge in [-0.25, -0.2) is 23.9 Å². The fraction of sp³-hybridized carbons (Fsp3) is 0.172. The highest BCUT2D eigenvalue weighted by Gasteiger charge is 2.44. The van der Waals surface area contributed by atoms with Crippen molar-refractivity contribution < 1.29 is 32.6 Å². The van der Waals surface area contributed by atoms with E-state index in [0.29, 0.717) is 22.4 Å². The van der Waals surface area contributed by atoms with Gasteiger partial charge in [0.25, 0.3) is 11.8 Å². The largest absolute Gasteiger partial charge is 0.497 e. The number of carbonyl (C=O) groups excluding carboxylic acids is 3. The highest BCUT2D eigenvalue weighted by molar-refractivity contribution is 6.25. The Morgan fingerprint density at radius 1 is 1.00 bits per heavy atom. The fourth-order valence-corrected chi connectivity index (χ4v) is 4.26. The molecule has 4 aromatic rings. The summed E-state index contributed by atoms with van der Waals surface area (Å²) in [7, 11) is 1.54. The van der Waals surface area contributed by atoms with E-state index in [0.717, 1.165) is 28.1 Å². The summed E-state index contributed by atoms with van der Waals surface area (Å²) in [4.78, 5) is 44.5. The Morgan fingerprint density at radius 2 is 1.76 bits per heavy atom. The van der Waals surface area contributed by atoms with Crippen LogP contribution in [0, 0.1) is 11.6 Å². The first-order chi connectivity index (χ1) is 19.7. The van der Waals surface area contributed by atoms with Gasteiger partial charge in [0.1, 0.15) is 17.3 Å². The van der Waals surface area contributed by atoms with Gasteiger partial charge in [-0.1, -0.05) is 0 Å². The number of hydrogen-bond acceptors (Lipinski definition) is 7. The molecule has 1 unspecified atom stereocenters. The highest BCUT2D eigenvalue weighted by atomic mass is 19.1. The lowest BCUT2D eigenvalue weighted by atomic mass is 10.1. The first-order valence-electron chi connectivity index (χ1n) is 12.6. The van der Waals surface area contributed by atoms with Crippen molar-refractivity contribution in [2.24, 2.45) is 0 Å². The van der Waals surface area contributed by atoms with Crippen molar-refractivity contribution >= 4 is 40.1 Å². The normalized spacial score (nSPS) is 15.4. The van der Waals surface area contributed by atoms with Crippen LogP contribution in [0.4, 0.5) is 25.0 Å². The van der Waals surface area contributed by atoms with E-state index in [1.165, 1.54) is 30.5 Å². The third-order valence-electron chi connectivity index (χ3n) is 6.33. The number of nitrogens with zero attached hydrogens (tertiary/aromatic N) is 3. The van der Waals surface area contributed by atoms with Crippen molar-refractivity contribution in [1.82, 2.24) is 15.4 Å². The molecule has 1 aliphatic rings. The molecule has 4 amide bonds. The summed E-state index contributed by atoms with van der Waals surface area (Å²) in [5.74, 6) is -2.15. The van der Waals surface area contributed by atoms with Crippen molar-refractivity contribution in [3.63, 3.8) is 0 Å². The number of hydrazine groups is 1. The molecule has 2 heterocycles. The third kappa shape index (κ3) is 5.50. The molecule has 1 aromatic heterocycles. The molecule has 41 heavy (non-hydrogen) atoms. The topological polar surface area (TPSA) is 113 Å². The molecule has 5 rings (SSSR count). The van der Waals surface area contributed by atoms with Crippen LogP contribution in [0.5, 0.6) is 17.2 Å². The predicted molar refractivity (Wildman–Crippen MR) is 147 cm³/mol. The molecule has 0 aliphatic carbocycles. The summed E-state index contributed by atoms with van der Waals surface area (Å²) in [6.07, 6.45) is 1.53. The van der Waals surface area contributed by atoms with Crippen LogP contribution in [0.3, 0.4) is 0 Å². The number of pyridine rings is 1. The number of rotatable bonds is 7. The lowest BCUT2D eigenvalue weighted by molar-refractivity contribution is -0.131. The third-order valence-corrected chi connectivity index (χ3v) is 6.33. The zero-order valence-electron chi connectivity index (χ0n) is 22.2. The summed E-state index contributed by atoms with van der Waals surface area (Å²) in [5, 5.41) is 4.27. The number of halogens is 2. The van der Waals surface area contributed by atoms with Crippen molar-refractivity contribution in [2.45, 2.75) is 25.9 Å². The van der Waals surface area contributed by atoms with Crippen molar-refractivity contribution in [1.29, 1.82) is 0 Å². The second-order valence-corrected chi connectivity index (χ2v) is 9.39. The Bertz CT molecular complexity index is 1650. The summed E-state index contributed by atoms with van der Waals surface area (Å²) in [6, 6.07) is 12.6. The number of benzene rings is 3. The molecular formula is C29H25F2N5O5.